The highest BCUT2D eigenvalue weighted by atomic mass is 35.5. The molecule has 0 aliphatic carbocycles. The second-order valence-electron chi connectivity index (χ2n) is 4.66. The Morgan fingerprint density at radius 1 is 1.27 bits per heavy atom. The Hall–Kier alpha value is -2.40. The Kier molecular flexibility index (Phi) is 5.12. The summed E-state index contributed by atoms with van der Waals surface area (Å²) in [6, 6.07) is 9.24. The topological polar surface area (TPSA) is 68.3 Å². The number of aromatic nitrogens is 1. The highest BCUT2D eigenvalue weighted by molar-refractivity contribution is 6.30. The van der Waals surface area contributed by atoms with Gasteiger partial charge in [-0.2, -0.15) is 0 Å². The van der Waals surface area contributed by atoms with Gasteiger partial charge >= 0.3 is 5.97 Å². The number of ether oxygens (including phenoxy) is 1. The molecule has 0 aliphatic rings. The molecular formula is C16H15ClN2O3. The molecule has 5 nitrogen and oxygen atoms in total. The molecule has 1 amide bonds. The molecular weight excluding hydrogens is 304 g/mol. The zero-order valence-electron chi connectivity index (χ0n) is 12.2. The molecule has 1 N–H and O–H groups in total. The lowest BCUT2D eigenvalue weighted by Gasteiger charge is -2.08. The van der Waals surface area contributed by atoms with E-state index in [1.807, 2.05) is 24.3 Å². The van der Waals surface area contributed by atoms with Crippen LogP contribution < -0.4 is 5.32 Å². The average molecular weight is 319 g/mol. The molecule has 0 fully saturated rings. The molecule has 0 bridgehead atoms. The predicted octanol–water partition coefficient (Wildman–Crippen LogP) is 2.61. The van der Waals surface area contributed by atoms with Gasteiger partial charge in [0.25, 0.3) is 5.91 Å². The number of nitrogens with zero attached hydrogens (tertiary/aromatic N) is 1. The summed E-state index contributed by atoms with van der Waals surface area (Å²) in [4.78, 5) is 27.2. The Morgan fingerprint density at radius 2 is 2.05 bits per heavy atom. The first kappa shape index (κ1) is 16.0. The molecule has 22 heavy (non-hydrogen) atoms. The van der Waals surface area contributed by atoms with Crippen molar-refractivity contribution in [1.82, 2.24) is 10.3 Å². The zero-order valence-corrected chi connectivity index (χ0v) is 13.0. The van der Waals surface area contributed by atoms with Crippen molar-refractivity contribution in [2.24, 2.45) is 0 Å². The number of esters is 1. The Morgan fingerprint density at radius 3 is 2.68 bits per heavy atom. The lowest BCUT2D eigenvalue weighted by atomic mass is 10.0. The van der Waals surface area contributed by atoms with Crippen molar-refractivity contribution in [3.8, 4) is 11.1 Å². The van der Waals surface area contributed by atoms with Gasteiger partial charge < -0.3 is 10.1 Å². The van der Waals surface area contributed by atoms with Gasteiger partial charge in [-0.15, -0.1) is 0 Å². The molecule has 0 atom stereocenters. The second kappa shape index (κ2) is 7.04. The smallest absolute Gasteiger partial charge is 0.325 e. The van der Waals surface area contributed by atoms with Crippen molar-refractivity contribution >= 4 is 23.5 Å². The fourth-order valence-corrected chi connectivity index (χ4v) is 2.14. The summed E-state index contributed by atoms with van der Waals surface area (Å²) in [6.07, 6.45) is 1.60. The maximum Gasteiger partial charge on any atom is 0.325 e. The van der Waals surface area contributed by atoms with E-state index in [1.165, 1.54) is 7.11 Å². The summed E-state index contributed by atoms with van der Waals surface area (Å²) in [5.74, 6) is -0.929. The number of methoxy groups -OCH3 is 1. The molecule has 114 valence electrons. The van der Waals surface area contributed by atoms with Crippen LogP contribution in [0.3, 0.4) is 0 Å². The third kappa shape index (κ3) is 3.83. The molecule has 0 aliphatic heterocycles. The molecule has 1 heterocycles. The van der Waals surface area contributed by atoms with Crippen LogP contribution >= 0.6 is 11.6 Å². The molecule has 1 aromatic carbocycles. The largest absolute Gasteiger partial charge is 0.468 e. The summed E-state index contributed by atoms with van der Waals surface area (Å²) < 4.78 is 4.47. The van der Waals surface area contributed by atoms with E-state index in [2.05, 4.69) is 15.0 Å². The van der Waals surface area contributed by atoms with Crippen LogP contribution in [-0.2, 0) is 9.53 Å². The number of halogens is 1. The van der Waals surface area contributed by atoms with Crippen LogP contribution in [0.25, 0.3) is 11.1 Å². The van der Waals surface area contributed by atoms with Crippen molar-refractivity contribution in [2.75, 3.05) is 13.7 Å². The fraction of sp³-hybridized carbons (Fsp3) is 0.188. The van der Waals surface area contributed by atoms with Crippen molar-refractivity contribution in [2.45, 2.75) is 6.92 Å². The molecule has 2 aromatic rings. The molecule has 0 saturated carbocycles. The minimum absolute atomic E-state index is 0.188. The second-order valence-corrected chi connectivity index (χ2v) is 5.10. The van der Waals surface area contributed by atoms with Crippen LogP contribution in [0.2, 0.25) is 5.02 Å². The van der Waals surface area contributed by atoms with Gasteiger partial charge in [-0.1, -0.05) is 23.7 Å². The van der Waals surface area contributed by atoms with Crippen LogP contribution in [0, 0.1) is 6.92 Å². The van der Waals surface area contributed by atoms with Gasteiger partial charge in [0.15, 0.2) is 0 Å². The van der Waals surface area contributed by atoms with Crippen LogP contribution in [0.15, 0.2) is 36.5 Å². The first-order chi connectivity index (χ1) is 10.5. The highest BCUT2D eigenvalue weighted by Crippen LogP contribution is 2.23. The Labute approximate surface area is 133 Å². The summed E-state index contributed by atoms with van der Waals surface area (Å²) in [5.41, 5.74) is 2.77. The molecule has 0 saturated heterocycles. The number of rotatable bonds is 4. The lowest BCUT2D eigenvalue weighted by molar-refractivity contribution is -0.139. The van der Waals surface area contributed by atoms with E-state index in [0.29, 0.717) is 10.6 Å². The minimum atomic E-state index is -0.512. The van der Waals surface area contributed by atoms with Crippen molar-refractivity contribution in [3.63, 3.8) is 0 Å². The lowest BCUT2D eigenvalue weighted by Crippen LogP contribution is -2.31. The third-order valence-corrected chi connectivity index (χ3v) is 3.31. The van der Waals surface area contributed by atoms with Crippen molar-refractivity contribution in [3.05, 3.63) is 52.8 Å². The van der Waals surface area contributed by atoms with Gasteiger partial charge in [-0.05, 0) is 36.2 Å². The molecule has 0 spiro atoms. The van der Waals surface area contributed by atoms with Crippen LogP contribution in [-0.4, -0.2) is 30.5 Å². The number of hydrogen-bond acceptors (Lipinski definition) is 4. The Bertz CT molecular complexity index is 716. The zero-order chi connectivity index (χ0) is 16.1. The monoisotopic (exact) mass is 318 g/mol. The number of carbonyl (C=O) groups is 2. The summed E-state index contributed by atoms with van der Waals surface area (Å²) in [5, 5.41) is 3.10. The van der Waals surface area contributed by atoms with Crippen molar-refractivity contribution < 1.29 is 14.3 Å². The van der Waals surface area contributed by atoms with Gasteiger partial charge in [-0.3, -0.25) is 14.6 Å². The molecule has 0 unspecified atom stereocenters. The van der Waals surface area contributed by atoms with Crippen LogP contribution in [0.5, 0.6) is 0 Å². The number of hydrogen-bond donors (Lipinski definition) is 1. The Balaban J connectivity index is 2.19. The van der Waals surface area contributed by atoms with E-state index >= 15 is 0 Å². The third-order valence-electron chi connectivity index (χ3n) is 3.07. The van der Waals surface area contributed by atoms with E-state index < -0.39 is 11.9 Å². The maximum atomic E-state index is 12.0. The van der Waals surface area contributed by atoms with Crippen LogP contribution in [0.1, 0.15) is 16.1 Å². The first-order valence-electron chi connectivity index (χ1n) is 6.59. The normalized spacial score (nSPS) is 10.1. The quantitative estimate of drug-likeness (QED) is 0.880. The number of aryl methyl sites for hydroxylation is 1. The predicted molar refractivity (Wildman–Crippen MR) is 83.8 cm³/mol. The number of amides is 1. The average Bonchev–Trinajstić information content (AvgIpc) is 2.52. The fourth-order valence-electron chi connectivity index (χ4n) is 1.95. The van der Waals surface area contributed by atoms with Gasteiger partial charge in [0.1, 0.15) is 12.2 Å². The highest BCUT2D eigenvalue weighted by Gasteiger charge is 2.13. The number of carbonyl (C=O) groups excluding carboxylic acids is 2. The molecule has 0 radical (unpaired) electrons. The summed E-state index contributed by atoms with van der Waals surface area (Å²) >= 11 is 5.97. The van der Waals surface area contributed by atoms with E-state index in [-0.39, 0.29) is 12.2 Å². The SMILES string of the molecule is COC(=O)CNC(=O)c1ncc(-c2cccc(Cl)c2)cc1C. The molecule has 2 rings (SSSR count). The van der Waals surface area contributed by atoms with Gasteiger partial charge in [-0.25, -0.2) is 0 Å². The van der Waals surface area contributed by atoms with E-state index in [9.17, 15) is 9.59 Å². The van der Waals surface area contributed by atoms with Gasteiger partial charge in [0.05, 0.1) is 7.11 Å². The first-order valence-corrected chi connectivity index (χ1v) is 6.96. The van der Waals surface area contributed by atoms with E-state index in [4.69, 9.17) is 11.6 Å². The number of nitrogens with one attached hydrogen (secondary N) is 1. The molecule has 1 aromatic heterocycles. The summed E-state index contributed by atoms with van der Waals surface area (Å²) in [6.45, 7) is 1.60. The van der Waals surface area contributed by atoms with Gasteiger partial charge in [0.2, 0.25) is 0 Å². The van der Waals surface area contributed by atoms with E-state index in [0.717, 1.165) is 11.1 Å². The van der Waals surface area contributed by atoms with Gasteiger partial charge in [0, 0.05) is 16.8 Å². The van der Waals surface area contributed by atoms with E-state index in [1.54, 1.807) is 19.2 Å². The minimum Gasteiger partial charge on any atom is -0.468 e. The molecule has 6 heteroatoms. The number of benzene rings is 1. The van der Waals surface area contributed by atoms with Crippen LogP contribution in [0.4, 0.5) is 0 Å². The summed E-state index contributed by atoms with van der Waals surface area (Å²) in [7, 11) is 1.26. The van der Waals surface area contributed by atoms with Crippen molar-refractivity contribution in [1.29, 1.82) is 0 Å². The number of pyridine rings is 1. The maximum absolute atomic E-state index is 12.0. The standard InChI is InChI=1S/C16H15ClN2O3/c1-10-6-12(11-4-3-5-13(17)7-11)8-18-15(10)16(21)19-9-14(20)22-2/h3-8H,9H2,1-2H3,(H,19,21).